The molecule has 0 aliphatic rings. The van der Waals surface area contributed by atoms with Crippen molar-refractivity contribution in [2.45, 2.75) is 19.4 Å². The molecule has 100 valence electrons. The molecule has 0 saturated heterocycles. The number of benzene rings is 1. The molecule has 2 aromatic rings. The van der Waals surface area contributed by atoms with Crippen LogP contribution in [0, 0.1) is 0 Å². The van der Waals surface area contributed by atoms with Crippen molar-refractivity contribution >= 4 is 0 Å². The Kier molecular flexibility index (Phi) is 5.38. The summed E-state index contributed by atoms with van der Waals surface area (Å²) in [6.45, 7) is 3.70. The van der Waals surface area contributed by atoms with Gasteiger partial charge >= 0.3 is 0 Å². The molecule has 0 saturated carbocycles. The third kappa shape index (κ3) is 4.72. The molecule has 0 bridgehead atoms. The molecule has 0 aliphatic heterocycles. The topological polar surface area (TPSA) is 34.1 Å². The van der Waals surface area contributed by atoms with Crippen LogP contribution in [-0.4, -0.2) is 24.2 Å². The van der Waals surface area contributed by atoms with Crippen molar-refractivity contribution < 1.29 is 4.74 Å². The van der Waals surface area contributed by atoms with Gasteiger partial charge in [0.2, 0.25) is 0 Å². The summed E-state index contributed by atoms with van der Waals surface area (Å²) in [6, 6.07) is 14.3. The van der Waals surface area contributed by atoms with E-state index >= 15 is 0 Å². The minimum Gasteiger partial charge on any atom is -0.492 e. The van der Waals surface area contributed by atoms with Crippen LogP contribution in [0.4, 0.5) is 0 Å². The Morgan fingerprint density at radius 3 is 2.68 bits per heavy atom. The van der Waals surface area contributed by atoms with Gasteiger partial charge in [0.1, 0.15) is 12.4 Å². The molecule has 0 spiro atoms. The summed E-state index contributed by atoms with van der Waals surface area (Å²) in [4.78, 5) is 4.15. The molecule has 1 aromatic carbocycles. The summed E-state index contributed by atoms with van der Waals surface area (Å²) < 4.78 is 5.81. The number of pyridine rings is 1. The number of para-hydroxylation sites is 1. The SMILES string of the molecule is CCNC(COc1ccccc1)Cc1cccnc1. The largest absolute Gasteiger partial charge is 0.492 e. The minimum absolute atomic E-state index is 0.300. The first-order valence-corrected chi connectivity index (χ1v) is 6.68. The van der Waals surface area contributed by atoms with Gasteiger partial charge in [-0.3, -0.25) is 4.98 Å². The van der Waals surface area contributed by atoms with Gasteiger partial charge in [0.25, 0.3) is 0 Å². The van der Waals surface area contributed by atoms with Crippen LogP contribution in [-0.2, 0) is 6.42 Å². The third-order valence-corrected chi connectivity index (χ3v) is 2.89. The van der Waals surface area contributed by atoms with Crippen LogP contribution < -0.4 is 10.1 Å². The Morgan fingerprint density at radius 2 is 2.00 bits per heavy atom. The van der Waals surface area contributed by atoms with Crippen LogP contribution in [0.1, 0.15) is 12.5 Å². The van der Waals surface area contributed by atoms with Crippen LogP contribution in [0.3, 0.4) is 0 Å². The Morgan fingerprint density at radius 1 is 1.16 bits per heavy atom. The van der Waals surface area contributed by atoms with E-state index in [4.69, 9.17) is 4.74 Å². The molecule has 1 unspecified atom stereocenters. The van der Waals surface area contributed by atoms with Crippen molar-refractivity contribution in [1.82, 2.24) is 10.3 Å². The van der Waals surface area contributed by atoms with Crippen molar-refractivity contribution in [3.63, 3.8) is 0 Å². The van der Waals surface area contributed by atoms with Crippen LogP contribution in [0.15, 0.2) is 54.9 Å². The molecule has 1 heterocycles. The quantitative estimate of drug-likeness (QED) is 0.827. The fourth-order valence-corrected chi connectivity index (χ4v) is 2.00. The Bertz CT molecular complexity index is 459. The Balaban J connectivity index is 1.89. The van der Waals surface area contributed by atoms with Gasteiger partial charge in [0.15, 0.2) is 0 Å². The fourth-order valence-electron chi connectivity index (χ4n) is 2.00. The maximum absolute atomic E-state index is 5.81. The summed E-state index contributed by atoms with van der Waals surface area (Å²) in [7, 11) is 0. The van der Waals surface area contributed by atoms with Crippen LogP contribution in [0.2, 0.25) is 0 Å². The number of ether oxygens (including phenoxy) is 1. The third-order valence-electron chi connectivity index (χ3n) is 2.89. The highest BCUT2D eigenvalue weighted by molar-refractivity contribution is 5.21. The summed E-state index contributed by atoms with van der Waals surface area (Å²) >= 11 is 0. The maximum atomic E-state index is 5.81. The second-order valence-electron chi connectivity index (χ2n) is 4.44. The Hall–Kier alpha value is -1.87. The van der Waals surface area contributed by atoms with E-state index in [0.29, 0.717) is 12.6 Å². The lowest BCUT2D eigenvalue weighted by Gasteiger charge is -2.18. The molecule has 2 rings (SSSR count). The number of nitrogens with one attached hydrogen (secondary N) is 1. The first-order chi connectivity index (χ1) is 9.38. The van der Waals surface area contributed by atoms with E-state index < -0.39 is 0 Å². The molecular formula is C16H20N2O. The molecule has 0 radical (unpaired) electrons. The second kappa shape index (κ2) is 7.54. The average Bonchev–Trinajstić information content (AvgIpc) is 2.47. The summed E-state index contributed by atoms with van der Waals surface area (Å²) in [5.41, 5.74) is 1.23. The van der Waals surface area contributed by atoms with Gasteiger partial charge in [-0.25, -0.2) is 0 Å². The monoisotopic (exact) mass is 256 g/mol. The van der Waals surface area contributed by atoms with Gasteiger partial charge in [-0.2, -0.15) is 0 Å². The molecule has 1 aromatic heterocycles. The minimum atomic E-state index is 0.300. The van der Waals surface area contributed by atoms with E-state index in [1.165, 1.54) is 5.56 Å². The standard InChI is InChI=1S/C16H20N2O/c1-2-18-15(11-14-7-6-10-17-12-14)13-19-16-8-4-3-5-9-16/h3-10,12,15,18H,2,11,13H2,1H3. The molecule has 3 nitrogen and oxygen atoms in total. The number of likely N-dealkylation sites (N-methyl/N-ethyl adjacent to an activating group) is 1. The van der Waals surface area contributed by atoms with E-state index in [1.54, 1.807) is 6.20 Å². The van der Waals surface area contributed by atoms with E-state index in [1.807, 2.05) is 42.6 Å². The van der Waals surface area contributed by atoms with Crippen molar-refractivity contribution in [3.8, 4) is 5.75 Å². The smallest absolute Gasteiger partial charge is 0.119 e. The molecule has 1 N–H and O–H groups in total. The summed E-state index contributed by atoms with van der Waals surface area (Å²) in [5, 5.41) is 3.45. The van der Waals surface area contributed by atoms with Crippen molar-refractivity contribution in [2.75, 3.05) is 13.2 Å². The van der Waals surface area contributed by atoms with Gasteiger partial charge in [0, 0.05) is 18.4 Å². The van der Waals surface area contributed by atoms with Crippen LogP contribution in [0.25, 0.3) is 0 Å². The van der Waals surface area contributed by atoms with E-state index in [0.717, 1.165) is 18.7 Å². The predicted octanol–water partition coefficient (Wildman–Crippen LogP) is 2.68. The van der Waals surface area contributed by atoms with E-state index in [-0.39, 0.29) is 0 Å². The van der Waals surface area contributed by atoms with E-state index in [9.17, 15) is 0 Å². The van der Waals surface area contributed by atoms with Crippen LogP contribution in [0.5, 0.6) is 5.75 Å². The average molecular weight is 256 g/mol. The summed E-state index contributed by atoms with van der Waals surface area (Å²) in [6.07, 6.45) is 4.63. The lowest BCUT2D eigenvalue weighted by Crippen LogP contribution is -2.36. The van der Waals surface area contributed by atoms with Crippen LogP contribution >= 0.6 is 0 Å². The predicted molar refractivity (Wildman–Crippen MR) is 77.3 cm³/mol. The van der Waals surface area contributed by atoms with Gasteiger partial charge in [-0.1, -0.05) is 31.2 Å². The summed E-state index contributed by atoms with van der Waals surface area (Å²) in [5.74, 6) is 0.914. The van der Waals surface area contributed by atoms with Gasteiger partial charge in [0.05, 0.1) is 0 Å². The first kappa shape index (κ1) is 13.6. The van der Waals surface area contributed by atoms with Gasteiger partial charge < -0.3 is 10.1 Å². The molecule has 0 amide bonds. The zero-order valence-electron chi connectivity index (χ0n) is 11.3. The van der Waals surface area contributed by atoms with Crippen molar-refractivity contribution in [3.05, 3.63) is 60.4 Å². The van der Waals surface area contributed by atoms with Crippen molar-refractivity contribution in [2.24, 2.45) is 0 Å². The molecular weight excluding hydrogens is 236 g/mol. The van der Waals surface area contributed by atoms with Gasteiger partial charge in [-0.05, 0) is 36.7 Å². The zero-order chi connectivity index (χ0) is 13.3. The fraction of sp³-hybridized carbons (Fsp3) is 0.312. The lowest BCUT2D eigenvalue weighted by molar-refractivity contribution is 0.265. The van der Waals surface area contributed by atoms with Gasteiger partial charge in [-0.15, -0.1) is 0 Å². The second-order valence-corrected chi connectivity index (χ2v) is 4.44. The number of nitrogens with zero attached hydrogens (tertiary/aromatic N) is 1. The van der Waals surface area contributed by atoms with E-state index in [2.05, 4.69) is 23.3 Å². The van der Waals surface area contributed by atoms with Crippen molar-refractivity contribution in [1.29, 1.82) is 0 Å². The number of hydrogen-bond acceptors (Lipinski definition) is 3. The zero-order valence-corrected chi connectivity index (χ0v) is 11.3. The molecule has 0 fully saturated rings. The highest BCUT2D eigenvalue weighted by atomic mass is 16.5. The number of rotatable bonds is 7. The maximum Gasteiger partial charge on any atom is 0.119 e. The molecule has 3 heteroatoms. The first-order valence-electron chi connectivity index (χ1n) is 6.68. The number of aromatic nitrogens is 1. The molecule has 1 atom stereocenters. The highest BCUT2D eigenvalue weighted by Crippen LogP contribution is 2.10. The Labute approximate surface area is 114 Å². The number of hydrogen-bond donors (Lipinski definition) is 1. The molecule has 19 heavy (non-hydrogen) atoms. The molecule has 0 aliphatic carbocycles. The highest BCUT2D eigenvalue weighted by Gasteiger charge is 2.09. The normalized spacial score (nSPS) is 12.1. The lowest BCUT2D eigenvalue weighted by atomic mass is 10.1.